The SMILES string of the molecule is ClC(Cl)(Cl)SBr. The third-order valence-corrected chi connectivity index (χ3v) is 4.09. The maximum absolute atomic E-state index is 5.16. The number of halogens is 4. The molecule has 0 radical (unpaired) electrons. The molecule has 0 saturated heterocycles. The summed E-state index contributed by atoms with van der Waals surface area (Å²) in [7, 11) is 0.991. The Morgan fingerprint density at radius 1 is 1.33 bits per heavy atom. The quantitative estimate of drug-likeness (QED) is 0.575. The lowest BCUT2D eigenvalue weighted by molar-refractivity contribution is 1.81. The van der Waals surface area contributed by atoms with Gasteiger partial charge in [-0.1, -0.05) is 34.8 Å². The Balaban J connectivity index is 3.17. The van der Waals surface area contributed by atoms with E-state index in [9.17, 15) is 0 Å². The zero-order chi connectivity index (χ0) is 5.21. The van der Waals surface area contributed by atoms with E-state index in [1.807, 2.05) is 0 Å². The van der Waals surface area contributed by atoms with E-state index in [1.54, 1.807) is 0 Å². The van der Waals surface area contributed by atoms with Gasteiger partial charge in [0.15, 0.2) is 0 Å². The Hall–Kier alpha value is 1.70. The molecule has 0 bridgehead atoms. The van der Waals surface area contributed by atoms with Gasteiger partial charge in [0.25, 0.3) is 0 Å². The van der Waals surface area contributed by atoms with Gasteiger partial charge in [0.05, 0.1) is 0 Å². The summed E-state index contributed by atoms with van der Waals surface area (Å²) in [6, 6.07) is 0. The van der Waals surface area contributed by atoms with Crippen molar-refractivity contribution in [1.29, 1.82) is 0 Å². The third-order valence-electron chi connectivity index (χ3n) is 0.0875. The smallest absolute Gasteiger partial charge is 0.0710 e. The minimum atomic E-state index is -1.21. The summed E-state index contributed by atoms with van der Waals surface area (Å²) in [6.45, 7) is 0. The summed E-state index contributed by atoms with van der Waals surface area (Å²) < 4.78 is -1.21. The van der Waals surface area contributed by atoms with Gasteiger partial charge in [-0.15, -0.1) is 0 Å². The van der Waals surface area contributed by atoms with Crippen LogP contribution in [-0.2, 0) is 0 Å². The van der Waals surface area contributed by atoms with E-state index in [0.29, 0.717) is 0 Å². The number of hydrogen-bond acceptors (Lipinski definition) is 1. The van der Waals surface area contributed by atoms with Crippen LogP contribution in [0.3, 0.4) is 0 Å². The van der Waals surface area contributed by atoms with Crippen LogP contribution in [0.15, 0.2) is 0 Å². The van der Waals surface area contributed by atoms with Gasteiger partial charge in [-0.3, -0.25) is 0 Å². The van der Waals surface area contributed by atoms with Gasteiger partial charge >= 0.3 is 0 Å². The van der Waals surface area contributed by atoms with E-state index in [4.69, 9.17) is 34.8 Å². The molecule has 0 unspecified atom stereocenters. The lowest BCUT2D eigenvalue weighted by Gasteiger charge is -1.99. The van der Waals surface area contributed by atoms with Gasteiger partial charge in [-0.05, 0) is 25.0 Å². The highest BCUT2D eigenvalue weighted by molar-refractivity contribution is 9.50. The van der Waals surface area contributed by atoms with Gasteiger partial charge in [0.2, 0.25) is 3.12 Å². The van der Waals surface area contributed by atoms with Crippen molar-refractivity contribution in [1.82, 2.24) is 0 Å². The van der Waals surface area contributed by atoms with Gasteiger partial charge in [-0.25, -0.2) is 0 Å². The van der Waals surface area contributed by atoms with E-state index in [0.717, 1.165) is 10.2 Å². The van der Waals surface area contributed by atoms with E-state index < -0.39 is 3.12 Å². The molecule has 0 rings (SSSR count). The van der Waals surface area contributed by atoms with Crippen molar-refractivity contribution in [3.05, 3.63) is 0 Å². The van der Waals surface area contributed by atoms with Crippen molar-refractivity contribution in [3.8, 4) is 0 Å². The Labute approximate surface area is 62.7 Å². The van der Waals surface area contributed by atoms with Gasteiger partial charge in [0, 0.05) is 0 Å². The molecule has 0 amide bonds. The normalized spacial score (nSPS) is 12.0. The monoisotopic (exact) mass is 228 g/mol. The highest BCUT2D eigenvalue weighted by Crippen LogP contribution is 2.42. The van der Waals surface area contributed by atoms with Crippen LogP contribution < -0.4 is 0 Å². The average Bonchev–Trinajstić information content (AvgIpc) is 1.35. The molecular formula is CBrCl3S. The van der Waals surface area contributed by atoms with E-state index in [-0.39, 0.29) is 0 Å². The fraction of sp³-hybridized carbons (Fsp3) is 1.00. The average molecular weight is 230 g/mol. The minimum Gasteiger partial charge on any atom is -0.0710 e. The largest absolute Gasteiger partial charge is 0.247 e. The van der Waals surface area contributed by atoms with Crippen molar-refractivity contribution in [2.75, 3.05) is 0 Å². The molecule has 0 aromatic carbocycles. The standard InChI is InChI=1S/CBrCl3S/c2-6-1(3,4)5. The molecule has 0 heterocycles. The van der Waals surface area contributed by atoms with Crippen molar-refractivity contribution in [2.24, 2.45) is 0 Å². The van der Waals surface area contributed by atoms with Crippen LogP contribution in [0.4, 0.5) is 0 Å². The molecule has 6 heavy (non-hydrogen) atoms. The molecule has 38 valence electrons. The third kappa shape index (κ3) is 5.70. The van der Waals surface area contributed by atoms with Crippen LogP contribution in [0.2, 0.25) is 0 Å². The Bertz CT molecular complexity index is 40.5. The van der Waals surface area contributed by atoms with Crippen molar-refractivity contribution >= 4 is 59.8 Å². The number of rotatable bonds is 0. The zero-order valence-electron chi connectivity index (χ0n) is 2.42. The van der Waals surface area contributed by atoms with Gasteiger partial charge in [-0.2, -0.15) is 0 Å². The predicted molar refractivity (Wildman–Crippen MR) is 36.8 cm³/mol. The molecular weight excluding hydrogens is 230 g/mol. The number of alkyl halides is 3. The molecule has 5 heteroatoms. The van der Waals surface area contributed by atoms with Crippen LogP contribution in [0.5, 0.6) is 0 Å². The second-order valence-corrected chi connectivity index (χ2v) is 5.21. The zero-order valence-corrected chi connectivity index (χ0v) is 7.09. The van der Waals surface area contributed by atoms with Gasteiger partial charge < -0.3 is 0 Å². The first kappa shape index (κ1) is 7.70. The van der Waals surface area contributed by atoms with Crippen LogP contribution in [-0.4, -0.2) is 3.12 Å². The van der Waals surface area contributed by atoms with E-state index in [1.165, 1.54) is 0 Å². The fourth-order valence-corrected chi connectivity index (χ4v) is 0. The number of hydrogen-bond donors (Lipinski definition) is 0. The molecule has 0 aliphatic rings. The molecule has 0 aliphatic heterocycles. The summed E-state index contributed by atoms with van der Waals surface area (Å²) in [5.74, 6) is 0. The topological polar surface area (TPSA) is 0 Å². The Kier molecular flexibility index (Phi) is 3.69. The highest BCUT2D eigenvalue weighted by Gasteiger charge is 2.17. The van der Waals surface area contributed by atoms with Gasteiger partial charge in [0.1, 0.15) is 0 Å². The summed E-state index contributed by atoms with van der Waals surface area (Å²) in [5, 5.41) is 0. The molecule has 0 aromatic heterocycles. The first-order valence-electron chi connectivity index (χ1n) is 0.925. The minimum absolute atomic E-state index is 0.991. The summed E-state index contributed by atoms with van der Waals surface area (Å²) in [6.07, 6.45) is 0. The Morgan fingerprint density at radius 2 is 1.50 bits per heavy atom. The molecule has 0 atom stereocenters. The second-order valence-electron chi connectivity index (χ2n) is 0.523. The maximum Gasteiger partial charge on any atom is 0.247 e. The first-order chi connectivity index (χ1) is 2.56. The van der Waals surface area contributed by atoms with E-state index >= 15 is 0 Å². The predicted octanol–water partition coefficient (Wildman–Crippen LogP) is 3.36. The molecule has 0 aromatic rings. The molecule has 0 nitrogen and oxygen atoms in total. The van der Waals surface area contributed by atoms with E-state index in [2.05, 4.69) is 14.8 Å². The molecule has 0 spiro atoms. The Morgan fingerprint density at radius 3 is 1.50 bits per heavy atom. The molecule has 0 fully saturated rings. The second kappa shape index (κ2) is 2.88. The van der Waals surface area contributed by atoms with Crippen molar-refractivity contribution in [2.45, 2.75) is 3.12 Å². The van der Waals surface area contributed by atoms with Crippen LogP contribution >= 0.6 is 59.8 Å². The lowest BCUT2D eigenvalue weighted by atomic mass is 11.8. The van der Waals surface area contributed by atoms with Crippen LogP contribution in [0, 0.1) is 0 Å². The summed E-state index contributed by atoms with van der Waals surface area (Å²) in [4.78, 5) is 0. The van der Waals surface area contributed by atoms with Crippen LogP contribution in [0.25, 0.3) is 0 Å². The lowest BCUT2D eigenvalue weighted by Crippen LogP contribution is -1.85. The summed E-state index contributed by atoms with van der Waals surface area (Å²) >= 11 is 18.4. The first-order valence-corrected chi connectivity index (χ1v) is 4.72. The fourth-order valence-electron chi connectivity index (χ4n) is 0. The highest BCUT2D eigenvalue weighted by atomic mass is 79.9. The molecule has 0 N–H and O–H groups in total. The van der Waals surface area contributed by atoms with Crippen molar-refractivity contribution in [3.63, 3.8) is 0 Å². The molecule has 0 saturated carbocycles. The van der Waals surface area contributed by atoms with Crippen LogP contribution in [0.1, 0.15) is 0 Å². The maximum atomic E-state index is 5.16. The summed E-state index contributed by atoms with van der Waals surface area (Å²) in [5.41, 5.74) is 0. The molecule has 0 aliphatic carbocycles. The van der Waals surface area contributed by atoms with Crippen molar-refractivity contribution < 1.29 is 0 Å².